The second-order valence-corrected chi connectivity index (χ2v) is 6.42. The zero-order valence-corrected chi connectivity index (χ0v) is 9.14. The molecule has 0 spiro atoms. The van der Waals surface area contributed by atoms with E-state index in [-0.39, 0.29) is 5.60 Å². The molecule has 0 saturated heterocycles. The molecule has 2 aliphatic carbocycles. The zero-order valence-electron chi connectivity index (χ0n) is 9.14. The van der Waals surface area contributed by atoms with E-state index in [9.17, 15) is 5.11 Å². The highest BCUT2D eigenvalue weighted by Gasteiger charge is 2.55. The summed E-state index contributed by atoms with van der Waals surface area (Å²) in [5, 5.41) is 10.0. The lowest BCUT2D eigenvalue weighted by Crippen LogP contribution is -2.25. The van der Waals surface area contributed by atoms with Gasteiger partial charge in [0.1, 0.15) is 0 Å². The SMILES string of the molecule is CC(C)(C)C[C@H]1CC[C@@H]2C[C@@]2(O)C1. The molecule has 0 aromatic carbocycles. The van der Waals surface area contributed by atoms with E-state index in [0.29, 0.717) is 11.3 Å². The van der Waals surface area contributed by atoms with E-state index in [1.165, 1.54) is 19.3 Å². The van der Waals surface area contributed by atoms with Crippen LogP contribution in [0.4, 0.5) is 0 Å². The Labute approximate surface area is 81.5 Å². The average Bonchev–Trinajstić information content (AvgIpc) is 2.55. The number of fused-ring (bicyclic) bond motifs is 1. The van der Waals surface area contributed by atoms with Crippen LogP contribution < -0.4 is 0 Å². The lowest BCUT2D eigenvalue weighted by Gasteiger charge is -2.31. The average molecular weight is 182 g/mol. The molecule has 1 heteroatoms. The van der Waals surface area contributed by atoms with Gasteiger partial charge < -0.3 is 5.11 Å². The Balaban J connectivity index is 1.88. The molecule has 1 nitrogen and oxygen atoms in total. The molecule has 0 aromatic heterocycles. The maximum absolute atomic E-state index is 10.0. The van der Waals surface area contributed by atoms with Gasteiger partial charge in [-0.15, -0.1) is 0 Å². The van der Waals surface area contributed by atoms with Crippen molar-refractivity contribution in [2.45, 2.75) is 58.5 Å². The van der Waals surface area contributed by atoms with E-state index in [4.69, 9.17) is 0 Å². The van der Waals surface area contributed by atoms with E-state index >= 15 is 0 Å². The largest absolute Gasteiger partial charge is 0.390 e. The van der Waals surface area contributed by atoms with E-state index in [1.807, 2.05) is 0 Å². The number of aliphatic hydroxyl groups is 1. The standard InChI is InChI=1S/C12H22O/c1-11(2,3)6-9-4-5-10-8-12(10,13)7-9/h9-10,13H,4-8H2,1-3H3/t9-,10-,12+/m1/s1. The molecular formula is C12H22O. The van der Waals surface area contributed by atoms with E-state index in [2.05, 4.69) is 20.8 Å². The molecule has 0 unspecified atom stereocenters. The first-order valence-corrected chi connectivity index (χ1v) is 5.61. The van der Waals surface area contributed by atoms with Gasteiger partial charge in [-0.3, -0.25) is 0 Å². The molecule has 76 valence electrons. The number of rotatable bonds is 1. The smallest absolute Gasteiger partial charge is 0.0683 e. The quantitative estimate of drug-likeness (QED) is 0.661. The number of hydrogen-bond donors (Lipinski definition) is 1. The van der Waals surface area contributed by atoms with Gasteiger partial charge in [-0.2, -0.15) is 0 Å². The van der Waals surface area contributed by atoms with Gasteiger partial charge in [0.2, 0.25) is 0 Å². The first-order valence-electron chi connectivity index (χ1n) is 5.61. The highest BCUT2D eigenvalue weighted by atomic mass is 16.3. The van der Waals surface area contributed by atoms with Gasteiger partial charge in [-0.1, -0.05) is 20.8 Å². The summed E-state index contributed by atoms with van der Waals surface area (Å²) in [6, 6.07) is 0. The van der Waals surface area contributed by atoms with Gasteiger partial charge in [-0.05, 0) is 49.4 Å². The molecule has 2 aliphatic rings. The summed E-state index contributed by atoms with van der Waals surface area (Å²) < 4.78 is 0. The third-order valence-electron chi connectivity index (χ3n) is 3.67. The van der Waals surface area contributed by atoms with E-state index in [1.54, 1.807) is 0 Å². The topological polar surface area (TPSA) is 20.2 Å². The van der Waals surface area contributed by atoms with Crippen molar-refractivity contribution < 1.29 is 5.11 Å². The van der Waals surface area contributed by atoms with Crippen LogP contribution in [0.3, 0.4) is 0 Å². The molecule has 1 N–H and O–H groups in total. The van der Waals surface area contributed by atoms with Gasteiger partial charge in [0.05, 0.1) is 5.60 Å². The van der Waals surface area contributed by atoms with Crippen molar-refractivity contribution in [1.29, 1.82) is 0 Å². The van der Waals surface area contributed by atoms with Crippen molar-refractivity contribution in [3.8, 4) is 0 Å². The molecule has 0 radical (unpaired) electrons. The predicted molar refractivity (Wildman–Crippen MR) is 54.5 cm³/mol. The minimum atomic E-state index is -0.214. The molecule has 0 aromatic rings. The van der Waals surface area contributed by atoms with Gasteiger partial charge in [-0.25, -0.2) is 0 Å². The maximum atomic E-state index is 10.0. The van der Waals surface area contributed by atoms with Crippen LogP contribution in [0.5, 0.6) is 0 Å². The fourth-order valence-electron chi connectivity index (χ4n) is 3.07. The minimum absolute atomic E-state index is 0.214. The summed E-state index contributed by atoms with van der Waals surface area (Å²) in [6.07, 6.45) is 6.08. The number of hydrogen-bond acceptors (Lipinski definition) is 1. The molecule has 0 amide bonds. The third kappa shape index (κ3) is 2.07. The lowest BCUT2D eigenvalue weighted by atomic mass is 9.77. The Kier molecular flexibility index (Phi) is 1.99. The fourth-order valence-corrected chi connectivity index (χ4v) is 3.07. The van der Waals surface area contributed by atoms with E-state index in [0.717, 1.165) is 18.8 Å². The minimum Gasteiger partial charge on any atom is -0.390 e. The summed E-state index contributed by atoms with van der Waals surface area (Å²) in [6.45, 7) is 6.90. The molecule has 0 bridgehead atoms. The first-order chi connectivity index (χ1) is 5.89. The normalized spacial score (nSPS) is 44.3. The summed E-state index contributed by atoms with van der Waals surface area (Å²) in [4.78, 5) is 0. The van der Waals surface area contributed by atoms with Crippen LogP contribution in [0.1, 0.15) is 52.9 Å². The van der Waals surface area contributed by atoms with Gasteiger partial charge in [0.15, 0.2) is 0 Å². The molecule has 0 heterocycles. The molecule has 3 atom stereocenters. The fraction of sp³-hybridized carbons (Fsp3) is 1.00. The Morgan fingerprint density at radius 3 is 2.46 bits per heavy atom. The van der Waals surface area contributed by atoms with Crippen molar-refractivity contribution in [3.63, 3.8) is 0 Å². The molecule has 13 heavy (non-hydrogen) atoms. The zero-order chi connectivity index (χ0) is 9.69. The first kappa shape index (κ1) is 9.51. The van der Waals surface area contributed by atoms with E-state index < -0.39 is 0 Å². The highest BCUT2D eigenvalue weighted by molar-refractivity contribution is 5.07. The monoisotopic (exact) mass is 182 g/mol. The molecule has 2 fully saturated rings. The third-order valence-corrected chi connectivity index (χ3v) is 3.67. The molecule has 2 rings (SSSR count). The predicted octanol–water partition coefficient (Wildman–Crippen LogP) is 2.97. The second-order valence-electron chi connectivity index (χ2n) is 6.42. The highest BCUT2D eigenvalue weighted by Crippen LogP contribution is 2.56. The van der Waals surface area contributed by atoms with Gasteiger partial charge in [0, 0.05) is 0 Å². The maximum Gasteiger partial charge on any atom is 0.0683 e. The summed E-state index contributed by atoms with van der Waals surface area (Å²) in [5.74, 6) is 1.45. The van der Waals surface area contributed by atoms with Crippen LogP contribution in [0, 0.1) is 17.3 Å². The second kappa shape index (κ2) is 2.73. The Bertz CT molecular complexity index is 202. The lowest BCUT2D eigenvalue weighted by molar-refractivity contribution is 0.0633. The molecular weight excluding hydrogens is 160 g/mol. The Morgan fingerprint density at radius 2 is 1.92 bits per heavy atom. The van der Waals surface area contributed by atoms with Gasteiger partial charge in [0.25, 0.3) is 0 Å². The van der Waals surface area contributed by atoms with Gasteiger partial charge >= 0.3 is 0 Å². The van der Waals surface area contributed by atoms with Crippen LogP contribution in [0.25, 0.3) is 0 Å². The van der Waals surface area contributed by atoms with Crippen LogP contribution in [0.15, 0.2) is 0 Å². The van der Waals surface area contributed by atoms with Crippen LogP contribution >= 0.6 is 0 Å². The summed E-state index contributed by atoms with van der Waals surface area (Å²) in [5.41, 5.74) is 0.219. The van der Waals surface area contributed by atoms with Crippen LogP contribution in [-0.2, 0) is 0 Å². The molecule has 2 saturated carbocycles. The Morgan fingerprint density at radius 1 is 1.23 bits per heavy atom. The van der Waals surface area contributed by atoms with Crippen LogP contribution in [-0.4, -0.2) is 10.7 Å². The van der Waals surface area contributed by atoms with Crippen molar-refractivity contribution in [3.05, 3.63) is 0 Å². The van der Waals surface area contributed by atoms with Crippen molar-refractivity contribution in [1.82, 2.24) is 0 Å². The summed E-state index contributed by atoms with van der Waals surface area (Å²) in [7, 11) is 0. The van der Waals surface area contributed by atoms with Crippen molar-refractivity contribution in [2.75, 3.05) is 0 Å². The molecule has 0 aliphatic heterocycles. The van der Waals surface area contributed by atoms with Crippen molar-refractivity contribution >= 4 is 0 Å². The Hall–Kier alpha value is -0.0400. The van der Waals surface area contributed by atoms with Crippen molar-refractivity contribution in [2.24, 2.45) is 17.3 Å². The van der Waals surface area contributed by atoms with Crippen LogP contribution in [0.2, 0.25) is 0 Å². The summed E-state index contributed by atoms with van der Waals surface area (Å²) >= 11 is 0.